The molecule has 2 rings (SSSR count). The Bertz CT molecular complexity index is 690. The van der Waals surface area contributed by atoms with Crippen LogP contribution in [-0.4, -0.2) is 38.3 Å². The zero-order valence-corrected chi connectivity index (χ0v) is 16.6. The van der Waals surface area contributed by atoms with Crippen molar-refractivity contribution in [3.63, 3.8) is 0 Å². The summed E-state index contributed by atoms with van der Waals surface area (Å²) in [6.07, 6.45) is 3.30. The molecule has 1 aromatic rings. The summed E-state index contributed by atoms with van der Waals surface area (Å²) in [4.78, 5) is 12.2. The number of sulfonamides is 1. The molecule has 1 aliphatic rings. The average Bonchev–Trinajstić information content (AvgIpc) is 2.58. The van der Waals surface area contributed by atoms with Crippen LogP contribution >= 0.6 is 23.2 Å². The monoisotopic (exact) mass is 406 g/mol. The molecule has 1 heterocycles. The molecule has 140 valence electrons. The van der Waals surface area contributed by atoms with E-state index in [0.717, 1.165) is 12.8 Å². The molecule has 0 saturated carbocycles. The molecular formula is C17H24Cl2N2O3S. The van der Waals surface area contributed by atoms with Gasteiger partial charge in [-0.2, -0.15) is 0 Å². The fourth-order valence-electron chi connectivity index (χ4n) is 2.89. The lowest BCUT2D eigenvalue weighted by Gasteiger charge is -2.31. The minimum Gasteiger partial charge on any atom is -0.356 e. The van der Waals surface area contributed by atoms with Gasteiger partial charge in [0.2, 0.25) is 15.9 Å². The first-order valence-electron chi connectivity index (χ1n) is 8.53. The highest BCUT2D eigenvalue weighted by atomic mass is 35.5. The van der Waals surface area contributed by atoms with E-state index < -0.39 is 10.0 Å². The van der Waals surface area contributed by atoms with Crippen molar-refractivity contribution in [1.82, 2.24) is 9.62 Å². The predicted molar refractivity (Wildman–Crippen MR) is 101 cm³/mol. The van der Waals surface area contributed by atoms with Crippen molar-refractivity contribution in [2.45, 2.75) is 38.4 Å². The Kier molecular flexibility index (Phi) is 7.55. The number of hydrogen-bond donors (Lipinski definition) is 1. The molecule has 0 spiro atoms. The number of halogens is 2. The number of nitrogens with one attached hydrogen (secondary N) is 1. The van der Waals surface area contributed by atoms with Gasteiger partial charge in [0.15, 0.2) is 0 Å². The van der Waals surface area contributed by atoms with Gasteiger partial charge in [-0.15, -0.1) is 0 Å². The van der Waals surface area contributed by atoms with Gasteiger partial charge in [0.1, 0.15) is 0 Å². The molecule has 0 unspecified atom stereocenters. The highest BCUT2D eigenvalue weighted by Gasteiger charge is 2.33. The number of carbonyl (C=O) groups excluding carboxylic acids is 1. The minimum atomic E-state index is -3.59. The Hall–Kier alpha value is -0.820. The number of rotatable bonds is 7. The van der Waals surface area contributed by atoms with E-state index in [1.54, 1.807) is 18.2 Å². The van der Waals surface area contributed by atoms with Crippen LogP contribution in [-0.2, 0) is 20.6 Å². The quantitative estimate of drug-likeness (QED) is 0.704. The van der Waals surface area contributed by atoms with Crippen LogP contribution in [0.1, 0.15) is 38.2 Å². The van der Waals surface area contributed by atoms with Crippen LogP contribution in [0.3, 0.4) is 0 Å². The maximum atomic E-state index is 12.8. The lowest BCUT2D eigenvalue weighted by molar-refractivity contribution is -0.126. The number of hydrogen-bond acceptors (Lipinski definition) is 3. The third kappa shape index (κ3) is 5.58. The Morgan fingerprint density at radius 1 is 1.32 bits per heavy atom. The zero-order valence-electron chi connectivity index (χ0n) is 14.3. The van der Waals surface area contributed by atoms with Crippen LogP contribution in [0.25, 0.3) is 0 Å². The van der Waals surface area contributed by atoms with E-state index in [0.29, 0.717) is 41.5 Å². The molecule has 1 atom stereocenters. The van der Waals surface area contributed by atoms with Gasteiger partial charge in [-0.05, 0) is 31.4 Å². The third-order valence-corrected chi connectivity index (χ3v) is 6.85. The largest absolute Gasteiger partial charge is 0.356 e. The number of unbranched alkanes of at least 4 members (excludes halogenated alkanes) is 1. The summed E-state index contributed by atoms with van der Waals surface area (Å²) < 4.78 is 26.9. The number of piperidine rings is 1. The second-order valence-electron chi connectivity index (χ2n) is 6.30. The molecular weight excluding hydrogens is 383 g/mol. The molecule has 25 heavy (non-hydrogen) atoms. The van der Waals surface area contributed by atoms with Gasteiger partial charge in [0.05, 0.1) is 11.7 Å². The van der Waals surface area contributed by atoms with Crippen LogP contribution in [0.4, 0.5) is 0 Å². The van der Waals surface area contributed by atoms with Crippen molar-refractivity contribution in [2.75, 3.05) is 19.6 Å². The molecule has 8 heteroatoms. The van der Waals surface area contributed by atoms with Gasteiger partial charge in [-0.25, -0.2) is 12.7 Å². The molecule has 0 radical (unpaired) electrons. The first-order valence-corrected chi connectivity index (χ1v) is 10.9. The molecule has 0 bridgehead atoms. The van der Waals surface area contributed by atoms with Gasteiger partial charge in [0, 0.05) is 35.2 Å². The van der Waals surface area contributed by atoms with E-state index in [-0.39, 0.29) is 24.1 Å². The lowest BCUT2D eigenvalue weighted by atomic mass is 9.99. The zero-order chi connectivity index (χ0) is 18.4. The molecule has 1 N–H and O–H groups in total. The fraction of sp³-hybridized carbons (Fsp3) is 0.588. The second-order valence-corrected chi connectivity index (χ2v) is 9.08. The molecule has 1 aliphatic heterocycles. The first kappa shape index (κ1) is 20.5. The van der Waals surface area contributed by atoms with E-state index in [2.05, 4.69) is 12.2 Å². The number of amides is 1. The van der Waals surface area contributed by atoms with Crippen molar-refractivity contribution < 1.29 is 13.2 Å². The standard InChI is InChI=1S/C17H24Cl2N2O3S/c1-2-3-9-20-17(22)13-6-5-10-21(11-13)25(23,24)12-14-15(18)7-4-8-16(14)19/h4,7-8,13H,2-3,5-6,9-12H2,1H3,(H,20,22)/t13-/m1/s1. The predicted octanol–water partition coefficient (Wildman–Crippen LogP) is 3.45. The van der Waals surface area contributed by atoms with E-state index >= 15 is 0 Å². The molecule has 1 fully saturated rings. The maximum Gasteiger partial charge on any atom is 0.224 e. The Labute approximate surface area is 159 Å². The normalized spacial score (nSPS) is 18.9. The fourth-order valence-corrected chi connectivity index (χ4v) is 5.25. The molecule has 1 saturated heterocycles. The van der Waals surface area contributed by atoms with Crippen molar-refractivity contribution in [3.8, 4) is 0 Å². The molecule has 5 nitrogen and oxygen atoms in total. The summed E-state index contributed by atoms with van der Waals surface area (Å²) in [5.41, 5.74) is 0.403. The van der Waals surface area contributed by atoms with Crippen LogP contribution in [0, 0.1) is 5.92 Å². The summed E-state index contributed by atoms with van der Waals surface area (Å²) in [5.74, 6) is -0.624. The highest BCUT2D eigenvalue weighted by molar-refractivity contribution is 7.88. The van der Waals surface area contributed by atoms with E-state index in [1.807, 2.05) is 0 Å². The van der Waals surface area contributed by atoms with E-state index in [1.165, 1.54) is 4.31 Å². The van der Waals surface area contributed by atoms with Gasteiger partial charge in [-0.1, -0.05) is 42.6 Å². The molecule has 1 amide bonds. The maximum absolute atomic E-state index is 12.8. The van der Waals surface area contributed by atoms with E-state index in [4.69, 9.17) is 23.2 Å². The van der Waals surface area contributed by atoms with E-state index in [9.17, 15) is 13.2 Å². The summed E-state index contributed by atoms with van der Waals surface area (Å²) in [7, 11) is -3.59. The summed E-state index contributed by atoms with van der Waals surface area (Å²) >= 11 is 12.2. The summed E-state index contributed by atoms with van der Waals surface area (Å²) in [5, 5.41) is 3.56. The van der Waals surface area contributed by atoms with Crippen molar-refractivity contribution in [3.05, 3.63) is 33.8 Å². The van der Waals surface area contributed by atoms with Gasteiger partial charge in [-0.3, -0.25) is 4.79 Å². The first-order chi connectivity index (χ1) is 11.8. The highest BCUT2D eigenvalue weighted by Crippen LogP contribution is 2.28. The Balaban J connectivity index is 2.05. The van der Waals surface area contributed by atoms with Crippen LogP contribution in [0.5, 0.6) is 0 Å². The van der Waals surface area contributed by atoms with Crippen molar-refractivity contribution >= 4 is 39.1 Å². The lowest BCUT2D eigenvalue weighted by Crippen LogP contribution is -2.45. The Morgan fingerprint density at radius 3 is 2.64 bits per heavy atom. The summed E-state index contributed by atoms with van der Waals surface area (Å²) in [6.45, 7) is 3.32. The van der Waals surface area contributed by atoms with Crippen LogP contribution in [0.2, 0.25) is 10.0 Å². The van der Waals surface area contributed by atoms with Gasteiger partial charge in [0.25, 0.3) is 0 Å². The third-order valence-electron chi connectivity index (χ3n) is 4.37. The summed E-state index contributed by atoms with van der Waals surface area (Å²) in [6, 6.07) is 4.93. The number of nitrogens with zero attached hydrogens (tertiary/aromatic N) is 1. The average molecular weight is 407 g/mol. The van der Waals surface area contributed by atoms with Gasteiger partial charge >= 0.3 is 0 Å². The van der Waals surface area contributed by atoms with Crippen LogP contribution in [0.15, 0.2) is 18.2 Å². The Morgan fingerprint density at radius 2 is 2.00 bits per heavy atom. The second kappa shape index (κ2) is 9.21. The molecule has 1 aromatic carbocycles. The number of benzene rings is 1. The topological polar surface area (TPSA) is 66.5 Å². The minimum absolute atomic E-state index is 0.0656. The van der Waals surface area contributed by atoms with Crippen molar-refractivity contribution in [2.24, 2.45) is 5.92 Å². The van der Waals surface area contributed by atoms with Crippen LogP contribution < -0.4 is 5.32 Å². The van der Waals surface area contributed by atoms with Crippen molar-refractivity contribution in [1.29, 1.82) is 0 Å². The van der Waals surface area contributed by atoms with Gasteiger partial charge < -0.3 is 5.32 Å². The SMILES string of the molecule is CCCCNC(=O)[C@@H]1CCCN(S(=O)(=O)Cc2c(Cl)cccc2Cl)C1. The smallest absolute Gasteiger partial charge is 0.224 e. The molecule has 0 aliphatic carbocycles. The molecule has 0 aromatic heterocycles. The number of carbonyl (C=O) groups is 1.